The van der Waals surface area contributed by atoms with Crippen LogP contribution in [0.3, 0.4) is 0 Å². The van der Waals surface area contributed by atoms with E-state index in [0.29, 0.717) is 17.3 Å². The van der Waals surface area contributed by atoms with Crippen LogP contribution in [-0.2, 0) is 4.79 Å². The number of benzene rings is 1. The van der Waals surface area contributed by atoms with Crippen molar-refractivity contribution >= 4 is 33.3 Å². The molecule has 0 spiro atoms. The standard InChI is InChI=1S/C15H16BrN3O2/c1-10-13(16)5-6-14(18-10)19-15(20)7-8-21-12-4-2-3-11(17)9-12/h2-6,9H,7-8,17H2,1H3,(H,18,19,20). The first-order valence-electron chi connectivity index (χ1n) is 6.46. The van der Waals surface area contributed by atoms with E-state index in [0.717, 1.165) is 10.2 Å². The molecule has 5 nitrogen and oxygen atoms in total. The van der Waals surface area contributed by atoms with Gasteiger partial charge in [-0.2, -0.15) is 0 Å². The zero-order valence-electron chi connectivity index (χ0n) is 11.6. The number of nitrogens with one attached hydrogen (secondary N) is 1. The number of hydrogen-bond acceptors (Lipinski definition) is 4. The van der Waals surface area contributed by atoms with Gasteiger partial charge < -0.3 is 15.8 Å². The van der Waals surface area contributed by atoms with Crippen molar-refractivity contribution in [3.63, 3.8) is 0 Å². The zero-order valence-corrected chi connectivity index (χ0v) is 13.2. The quantitative estimate of drug-likeness (QED) is 0.813. The first kappa shape index (κ1) is 15.3. The number of aryl methyl sites for hydroxylation is 1. The third-order valence-electron chi connectivity index (χ3n) is 2.74. The summed E-state index contributed by atoms with van der Waals surface area (Å²) in [5, 5.41) is 2.73. The Morgan fingerprint density at radius 3 is 2.90 bits per heavy atom. The monoisotopic (exact) mass is 349 g/mol. The molecule has 1 aromatic heterocycles. The minimum Gasteiger partial charge on any atom is -0.493 e. The maximum absolute atomic E-state index is 11.8. The number of pyridine rings is 1. The number of nitrogen functional groups attached to an aromatic ring is 1. The zero-order chi connectivity index (χ0) is 15.2. The maximum atomic E-state index is 11.8. The van der Waals surface area contributed by atoms with Crippen LogP contribution < -0.4 is 15.8 Å². The number of ether oxygens (including phenoxy) is 1. The average molecular weight is 350 g/mol. The van der Waals surface area contributed by atoms with E-state index in [1.165, 1.54) is 0 Å². The molecule has 2 aromatic rings. The summed E-state index contributed by atoms with van der Waals surface area (Å²) in [6.07, 6.45) is 0.242. The molecule has 0 unspecified atom stereocenters. The topological polar surface area (TPSA) is 77.2 Å². The lowest BCUT2D eigenvalue weighted by molar-refractivity contribution is -0.116. The van der Waals surface area contributed by atoms with Crippen molar-refractivity contribution in [2.24, 2.45) is 0 Å². The van der Waals surface area contributed by atoms with Crippen molar-refractivity contribution in [3.8, 4) is 5.75 Å². The number of anilines is 2. The molecule has 0 radical (unpaired) electrons. The third kappa shape index (κ3) is 4.75. The van der Waals surface area contributed by atoms with Gasteiger partial charge in [0, 0.05) is 16.2 Å². The number of hydrogen-bond donors (Lipinski definition) is 2. The molecular formula is C15H16BrN3O2. The molecule has 1 heterocycles. The van der Waals surface area contributed by atoms with E-state index in [-0.39, 0.29) is 18.9 Å². The fourth-order valence-corrected chi connectivity index (χ4v) is 1.91. The minimum atomic E-state index is -0.145. The van der Waals surface area contributed by atoms with Crippen LogP contribution in [0.25, 0.3) is 0 Å². The minimum absolute atomic E-state index is 0.145. The van der Waals surface area contributed by atoms with Crippen LogP contribution in [-0.4, -0.2) is 17.5 Å². The van der Waals surface area contributed by atoms with Gasteiger partial charge in [-0.3, -0.25) is 4.79 Å². The molecule has 21 heavy (non-hydrogen) atoms. The van der Waals surface area contributed by atoms with Crippen LogP contribution in [0.5, 0.6) is 5.75 Å². The van der Waals surface area contributed by atoms with E-state index >= 15 is 0 Å². The smallest absolute Gasteiger partial charge is 0.228 e. The Hall–Kier alpha value is -2.08. The van der Waals surface area contributed by atoms with Gasteiger partial charge in [0.1, 0.15) is 11.6 Å². The average Bonchev–Trinajstić information content (AvgIpc) is 2.43. The highest BCUT2D eigenvalue weighted by molar-refractivity contribution is 9.10. The summed E-state index contributed by atoms with van der Waals surface area (Å²) in [6, 6.07) is 10.7. The molecule has 2 rings (SSSR count). The van der Waals surface area contributed by atoms with Crippen LogP contribution in [0, 0.1) is 6.92 Å². The number of rotatable bonds is 5. The molecule has 110 valence electrons. The Bertz CT molecular complexity index is 647. The molecule has 0 saturated heterocycles. The van der Waals surface area contributed by atoms with Gasteiger partial charge in [0.05, 0.1) is 18.7 Å². The van der Waals surface area contributed by atoms with Gasteiger partial charge in [-0.15, -0.1) is 0 Å². The molecule has 3 N–H and O–H groups in total. The summed E-state index contributed by atoms with van der Waals surface area (Å²) in [5.41, 5.74) is 7.10. The Balaban J connectivity index is 1.81. The van der Waals surface area contributed by atoms with Gasteiger partial charge in [0.25, 0.3) is 0 Å². The summed E-state index contributed by atoms with van der Waals surface area (Å²) < 4.78 is 6.38. The largest absolute Gasteiger partial charge is 0.493 e. The highest BCUT2D eigenvalue weighted by Gasteiger charge is 2.05. The van der Waals surface area contributed by atoms with Crippen molar-refractivity contribution in [3.05, 3.63) is 46.6 Å². The number of nitrogens with two attached hydrogens (primary N) is 1. The lowest BCUT2D eigenvalue weighted by Crippen LogP contribution is -2.16. The Morgan fingerprint density at radius 1 is 1.38 bits per heavy atom. The van der Waals surface area contributed by atoms with E-state index in [2.05, 4.69) is 26.2 Å². The van der Waals surface area contributed by atoms with Gasteiger partial charge in [0.2, 0.25) is 5.91 Å². The fraction of sp³-hybridized carbons (Fsp3) is 0.200. The van der Waals surface area contributed by atoms with Gasteiger partial charge >= 0.3 is 0 Å². The van der Waals surface area contributed by atoms with E-state index in [9.17, 15) is 4.79 Å². The number of aromatic nitrogens is 1. The summed E-state index contributed by atoms with van der Waals surface area (Å²) >= 11 is 3.36. The Morgan fingerprint density at radius 2 is 2.19 bits per heavy atom. The number of carbonyl (C=O) groups excluding carboxylic acids is 1. The van der Waals surface area contributed by atoms with Crippen molar-refractivity contribution in [1.82, 2.24) is 4.98 Å². The number of nitrogens with zero attached hydrogens (tertiary/aromatic N) is 1. The van der Waals surface area contributed by atoms with Crippen LogP contribution in [0.1, 0.15) is 12.1 Å². The molecule has 0 aliphatic carbocycles. The van der Waals surface area contributed by atoms with E-state index in [1.54, 1.807) is 30.3 Å². The third-order valence-corrected chi connectivity index (χ3v) is 3.58. The van der Waals surface area contributed by atoms with Crippen LogP contribution >= 0.6 is 15.9 Å². The first-order valence-corrected chi connectivity index (χ1v) is 7.25. The highest BCUT2D eigenvalue weighted by atomic mass is 79.9. The normalized spacial score (nSPS) is 10.2. The summed E-state index contributed by atoms with van der Waals surface area (Å²) in [6.45, 7) is 2.15. The predicted molar refractivity (Wildman–Crippen MR) is 86.3 cm³/mol. The summed E-state index contributed by atoms with van der Waals surface area (Å²) in [5.74, 6) is 1.04. The highest BCUT2D eigenvalue weighted by Crippen LogP contribution is 2.17. The van der Waals surface area contributed by atoms with Gasteiger partial charge in [-0.05, 0) is 47.1 Å². The number of amides is 1. The maximum Gasteiger partial charge on any atom is 0.228 e. The molecular weight excluding hydrogens is 334 g/mol. The van der Waals surface area contributed by atoms with E-state index in [4.69, 9.17) is 10.5 Å². The molecule has 0 bridgehead atoms. The molecule has 1 amide bonds. The van der Waals surface area contributed by atoms with Gasteiger partial charge in [0.15, 0.2) is 0 Å². The van der Waals surface area contributed by atoms with Crippen LogP contribution in [0.15, 0.2) is 40.9 Å². The molecule has 0 atom stereocenters. The second-order valence-electron chi connectivity index (χ2n) is 4.48. The number of halogens is 1. The lowest BCUT2D eigenvalue weighted by Gasteiger charge is -2.08. The fourth-order valence-electron chi connectivity index (χ4n) is 1.68. The van der Waals surface area contributed by atoms with E-state index < -0.39 is 0 Å². The van der Waals surface area contributed by atoms with Crippen molar-refractivity contribution in [2.45, 2.75) is 13.3 Å². The predicted octanol–water partition coefficient (Wildman–Crippen LogP) is 3.14. The molecule has 1 aromatic carbocycles. The second-order valence-corrected chi connectivity index (χ2v) is 5.34. The van der Waals surface area contributed by atoms with E-state index in [1.807, 2.05) is 13.0 Å². The molecule has 0 fully saturated rings. The van der Waals surface area contributed by atoms with Crippen molar-refractivity contribution in [2.75, 3.05) is 17.7 Å². The molecule has 0 aliphatic rings. The summed E-state index contributed by atoms with van der Waals surface area (Å²) in [4.78, 5) is 16.1. The van der Waals surface area contributed by atoms with Gasteiger partial charge in [-0.25, -0.2) is 4.98 Å². The van der Waals surface area contributed by atoms with Crippen molar-refractivity contribution in [1.29, 1.82) is 0 Å². The van der Waals surface area contributed by atoms with Crippen LogP contribution in [0.4, 0.5) is 11.5 Å². The summed E-state index contributed by atoms with van der Waals surface area (Å²) in [7, 11) is 0. The number of carbonyl (C=O) groups is 1. The van der Waals surface area contributed by atoms with Gasteiger partial charge in [-0.1, -0.05) is 6.07 Å². The molecule has 6 heteroatoms. The lowest BCUT2D eigenvalue weighted by atomic mass is 10.3. The Kier molecular flexibility index (Phi) is 5.16. The SMILES string of the molecule is Cc1nc(NC(=O)CCOc2cccc(N)c2)ccc1Br. The first-order chi connectivity index (χ1) is 10.0. The van der Waals surface area contributed by atoms with Crippen LogP contribution in [0.2, 0.25) is 0 Å². The van der Waals surface area contributed by atoms with Crippen molar-refractivity contribution < 1.29 is 9.53 Å². The molecule has 0 saturated carbocycles. The molecule has 0 aliphatic heterocycles. The second kappa shape index (κ2) is 7.08. The Labute approximate surface area is 131 Å².